The Kier molecular flexibility index (Phi) is 8.74. The molecule has 1 fully saturated rings. The number of nitrogens with one attached hydrogen (secondary N) is 3. The number of aromatic nitrogens is 1. The van der Waals surface area contributed by atoms with Crippen molar-refractivity contribution in [1.82, 2.24) is 20.5 Å². The molecule has 2 amide bonds. The van der Waals surface area contributed by atoms with E-state index >= 15 is 0 Å². The van der Waals surface area contributed by atoms with Crippen LogP contribution >= 0.6 is 0 Å². The number of amides is 2. The number of carbonyl (C=O) groups excluding carboxylic acids is 2. The van der Waals surface area contributed by atoms with Crippen LogP contribution in [0.15, 0.2) is 47.2 Å². The number of H-pyrrole nitrogens is 1. The predicted molar refractivity (Wildman–Crippen MR) is 150 cm³/mol. The zero-order valence-electron chi connectivity index (χ0n) is 23.0. The van der Waals surface area contributed by atoms with Crippen molar-refractivity contribution in [1.29, 1.82) is 0 Å². The predicted octanol–water partition coefficient (Wildman–Crippen LogP) is 3.69. The summed E-state index contributed by atoms with van der Waals surface area (Å²) in [7, 11) is -3.85. The van der Waals surface area contributed by atoms with Gasteiger partial charge in [0.2, 0.25) is 0 Å². The fourth-order valence-corrected chi connectivity index (χ4v) is 6.72. The van der Waals surface area contributed by atoms with Gasteiger partial charge >= 0.3 is 0 Å². The van der Waals surface area contributed by atoms with Crippen LogP contribution in [0.3, 0.4) is 0 Å². The third-order valence-corrected chi connectivity index (χ3v) is 9.32. The lowest BCUT2D eigenvalue weighted by molar-refractivity contribution is -0.115. The van der Waals surface area contributed by atoms with Crippen molar-refractivity contribution in [2.75, 3.05) is 26.2 Å². The minimum atomic E-state index is -3.85. The largest absolute Gasteiger partial charge is 0.358 e. The zero-order chi connectivity index (χ0) is 29.2. The van der Waals surface area contributed by atoms with Gasteiger partial charge in [0.1, 0.15) is 11.6 Å². The number of aryl methyl sites for hydroxylation is 1. The Morgan fingerprint density at radius 2 is 1.82 bits per heavy atom. The molecule has 0 spiro atoms. The number of allylic oxidation sites excluding steroid dienone is 2. The molecule has 4 rings (SSSR count). The first-order chi connectivity index (χ1) is 18.9. The fourth-order valence-electron chi connectivity index (χ4n) is 5.14. The number of hydrogen-bond donors (Lipinski definition) is 3. The second-order valence-electron chi connectivity index (χ2n) is 10.0. The van der Waals surface area contributed by atoms with Gasteiger partial charge in [0.05, 0.1) is 22.1 Å². The molecule has 8 nitrogen and oxygen atoms in total. The van der Waals surface area contributed by atoms with E-state index in [0.717, 1.165) is 31.8 Å². The number of halogens is 2. The molecule has 2 aromatic rings. The third kappa shape index (κ3) is 6.26. The summed E-state index contributed by atoms with van der Waals surface area (Å²) in [4.78, 5) is 31.2. The Morgan fingerprint density at radius 1 is 1.15 bits per heavy atom. The molecule has 214 valence electrons. The summed E-state index contributed by atoms with van der Waals surface area (Å²) >= 11 is 0. The monoisotopic (exact) mass is 572 g/mol. The van der Waals surface area contributed by atoms with E-state index in [1.165, 1.54) is 6.08 Å². The van der Waals surface area contributed by atoms with Crippen LogP contribution in [0.2, 0.25) is 0 Å². The number of sulfone groups is 1. The molecule has 1 atom stereocenters. The van der Waals surface area contributed by atoms with Gasteiger partial charge < -0.3 is 20.5 Å². The summed E-state index contributed by atoms with van der Waals surface area (Å²) in [6.07, 6.45) is 4.89. The molecule has 40 heavy (non-hydrogen) atoms. The summed E-state index contributed by atoms with van der Waals surface area (Å²) in [5.41, 5.74) is 3.62. The molecule has 1 unspecified atom stereocenters. The molecule has 1 aliphatic heterocycles. The number of aromatic amines is 1. The van der Waals surface area contributed by atoms with Crippen molar-refractivity contribution in [3.05, 3.63) is 86.9 Å². The van der Waals surface area contributed by atoms with E-state index < -0.39 is 32.5 Å². The lowest BCUT2D eigenvalue weighted by Gasteiger charge is -2.18. The molecule has 0 saturated carbocycles. The van der Waals surface area contributed by atoms with Gasteiger partial charge in [0.15, 0.2) is 9.84 Å². The summed E-state index contributed by atoms with van der Waals surface area (Å²) in [6, 6.07) is 2.68. The van der Waals surface area contributed by atoms with Gasteiger partial charge in [-0.15, -0.1) is 0 Å². The topological polar surface area (TPSA) is 111 Å². The van der Waals surface area contributed by atoms with Gasteiger partial charge in [-0.2, -0.15) is 0 Å². The van der Waals surface area contributed by atoms with E-state index in [1.54, 1.807) is 26.0 Å². The molecule has 3 N–H and O–H groups in total. The lowest BCUT2D eigenvalue weighted by Crippen LogP contribution is -2.35. The van der Waals surface area contributed by atoms with Gasteiger partial charge in [-0.05, 0) is 62.7 Å². The Labute approximate surface area is 233 Å². The average Bonchev–Trinajstić information content (AvgIpc) is 3.34. The Hall–Kier alpha value is -3.57. The van der Waals surface area contributed by atoms with Gasteiger partial charge in [0, 0.05) is 41.8 Å². The van der Waals surface area contributed by atoms with E-state index in [2.05, 4.69) is 34.4 Å². The molecule has 0 radical (unpaired) electrons. The molecular formula is C29H34F2N4O4S. The van der Waals surface area contributed by atoms with Crippen LogP contribution in [0, 0.1) is 25.5 Å². The first-order valence-corrected chi connectivity index (χ1v) is 15.0. The van der Waals surface area contributed by atoms with E-state index in [1.807, 2.05) is 0 Å². The quantitative estimate of drug-likeness (QED) is 0.376. The minimum Gasteiger partial charge on any atom is -0.358 e. The van der Waals surface area contributed by atoms with Crippen LogP contribution in [-0.4, -0.2) is 61.5 Å². The van der Waals surface area contributed by atoms with Crippen LogP contribution in [0.5, 0.6) is 0 Å². The molecule has 1 aromatic carbocycles. The highest BCUT2D eigenvalue weighted by Crippen LogP contribution is 2.34. The lowest BCUT2D eigenvalue weighted by atomic mass is 9.98. The standard InChI is InChI=1S/C29H34F2N4O4S/c1-5-35(6-2)10-9-32-29(37)27-17(3)26(33-18(27)4)15-24-23-14-22(7-8-25(23)34-28(24)36)40(38,39)16-19-11-20(30)13-21(31)12-19/h8,11-15,22,33H,5-7,9-10,16H2,1-4H3,(H,32,37)(H,34,36)/b24-15-. The zero-order valence-corrected chi connectivity index (χ0v) is 23.8. The molecule has 0 bridgehead atoms. The number of benzene rings is 1. The van der Waals surface area contributed by atoms with Crippen molar-refractivity contribution in [2.45, 2.75) is 45.1 Å². The second-order valence-corrected chi connectivity index (χ2v) is 12.2. The van der Waals surface area contributed by atoms with E-state index in [-0.39, 0.29) is 29.4 Å². The highest BCUT2D eigenvalue weighted by Gasteiger charge is 2.35. The van der Waals surface area contributed by atoms with E-state index in [9.17, 15) is 26.8 Å². The van der Waals surface area contributed by atoms with Crippen molar-refractivity contribution < 1.29 is 26.8 Å². The molecule has 2 heterocycles. The van der Waals surface area contributed by atoms with Crippen molar-refractivity contribution in [3.63, 3.8) is 0 Å². The molecule has 1 aromatic heterocycles. The Balaban J connectivity index is 1.58. The normalized spacial score (nSPS) is 18.0. The summed E-state index contributed by atoms with van der Waals surface area (Å²) in [5, 5.41) is 4.75. The maximum absolute atomic E-state index is 13.6. The smallest absolute Gasteiger partial charge is 0.256 e. The first-order valence-electron chi connectivity index (χ1n) is 13.3. The number of rotatable bonds is 10. The van der Waals surface area contributed by atoms with Gasteiger partial charge in [-0.25, -0.2) is 17.2 Å². The van der Waals surface area contributed by atoms with E-state index in [0.29, 0.717) is 46.4 Å². The molecule has 1 aliphatic carbocycles. The SMILES string of the molecule is CCN(CC)CCNC(=O)c1c(C)[nH]c(/C=C2\C(=O)NC3=CCC(S(=O)(=O)Cc4cc(F)cc(F)c4)C=C32)c1C. The molecule has 2 aliphatic rings. The average molecular weight is 573 g/mol. The number of carbonyl (C=O) groups is 2. The van der Waals surface area contributed by atoms with Crippen molar-refractivity contribution >= 4 is 27.7 Å². The number of nitrogens with zero attached hydrogens (tertiary/aromatic N) is 1. The van der Waals surface area contributed by atoms with Crippen LogP contribution in [0.1, 0.15) is 53.1 Å². The van der Waals surface area contributed by atoms with Crippen LogP contribution < -0.4 is 10.6 Å². The summed E-state index contributed by atoms with van der Waals surface area (Å²) < 4.78 is 53.6. The number of hydrogen-bond acceptors (Lipinski definition) is 5. The number of likely N-dealkylation sites (N-methyl/N-ethyl adjacent to an activating group) is 1. The molecule has 1 saturated heterocycles. The van der Waals surface area contributed by atoms with Crippen molar-refractivity contribution in [3.8, 4) is 0 Å². The third-order valence-electron chi connectivity index (χ3n) is 7.33. The maximum Gasteiger partial charge on any atom is 0.256 e. The maximum atomic E-state index is 13.6. The highest BCUT2D eigenvalue weighted by atomic mass is 32.2. The molecule has 11 heteroatoms. The van der Waals surface area contributed by atoms with Gasteiger partial charge in [-0.3, -0.25) is 9.59 Å². The van der Waals surface area contributed by atoms with Crippen molar-refractivity contribution in [2.24, 2.45) is 0 Å². The van der Waals surface area contributed by atoms with Crippen LogP contribution in [-0.2, 0) is 20.4 Å². The molecular weight excluding hydrogens is 538 g/mol. The fraction of sp³-hybridized carbons (Fsp3) is 0.379. The number of fused-ring (bicyclic) bond motifs is 1. The summed E-state index contributed by atoms with van der Waals surface area (Å²) in [5.74, 6) is -2.84. The van der Waals surface area contributed by atoms with Crippen LogP contribution in [0.4, 0.5) is 8.78 Å². The minimum absolute atomic E-state index is 0.0162. The van der Waals surface area contributed by atoms with E-state index in [4.69, 9.17) is 0 Å². The first kappa shape index (κ1) is 29.4. The Bertz CT molecular complexity index is 1510. The highest BCUT2D eigenvalue weighted by molar-refractivity contribution is 7.91. The summed E-state index contributed by atoms with van der Waals surface area (Å²) in [6.45, 7) is 10.7. The van der Waals surface area contributed by atoms with Gasteiger partial charge in [-0.1, -0.05) is 26.0 Å². The van der Waals surface area contributed by atoms with Gasteiger partial charge in [0.25, 0.3) is 11.8 Å². The Morgan fingerprint density at radius 3 is 2.48 bits per heavy atom. The van der Waals surface area contributed by atoms with Crippen LogP contribution in [0.25, 0.3) is 6.08 Å². The second kappa shape index (κ2) is 11.9.